The quantitative estimate of drug-likeness (QED) is 0.550. The third kappa shape index (κ3) is 3.12. The molecule has 4 nitrogen and oxygen atoms in total. The molecule has 0 spiro atoms. The fourth-order valence-corrected chi connectivity index (χ4v) is 2.96. The number of aliphatic hydroxyl groups excluding tert-OH is 1. The average Bonchev–Trinajstić information content (AvgIpc) is 3.10. The van der Waals surface area contributed by atoms with Crippen LogP contribution in [0.1, 0.15) is 0 Å². The maximum absolute atomic E-state index is 8.82. The van der Waals surface area contributed by atoms with Crippen molar-refractivity contribution in [3.8, 4) is 22.6 Å². The summed E-state index contributed by atoms with van der Waals surface area (Å²) in [5.41, 5.74) is 5.64. The number of hydrogen-bond acceptors (Lipinski definition) is 2. The molecule has 0 bridgehead atoms. The van der Waals surface area contributed by atoms with Crippen LogP contribution in [0.15, 0.2) is 79.1 Å². The number of benzene rings is 3. The first-order valence-electron chi connectivity index (χ1n) is 8.27. The average molecular weight is 331 g/mol. The number of aliphatic hydroxyl groups is 1. The third-order valence-corrected chi connectivity index (χ3v) is 4.19. The Morgan fingerprint density at radius 2 is 1.68 bits per heavy atom. The highest BCUT2D eigenvalue weighted by Crippen LogP contribution is 2.23. The predicted octanol–water partition coefficient (Wildman–Crippen LogP) is 3.48. The van der Waals surface area contributed by atoms with Crippen molar-refractivity contribution in [1.82, 2.24) is 4.98 Å². The molecule has 4 heteroatoms. The van der Waals surface area contributed by atoms with Crippen molar-refractivity contribution in [1.29, 1.82) is 0 Å². The molecule has 0 unspecified atom stereocenters. The number of imidazole rings is 1. The highest BCUT2D eigenvalue weighted by Gasteiger charge is 2.13. The van der Waals surface area contributed by atoms with Crippen LogP contribution in [0.25, 0.3) is 27.8 Å². The Morgan fingerprint density at radius 1 is 0.880 bits per heavy atom. The van der Waals surface area contributed by atoms with Gasteiger partial charge in [0.2, 0.25) is 6.33 Å². The predicted molar refractivity (Wildman–Crippen MR) is 97.8 cm³/mol. The van der Waals surface area contributed by atoms with Crippen molar-refractivity contribution < 1.29 is 14.4 Å². The molecule has 4 aromatic rings. The summed E-state index contributed by atoms with van der Waals surface area (Å²) in [6, 6.07) is 24.6. The van der Waals surface area contributed by atoms with Gasteiger partial charge in [0.1, 0.15) is 18.0 Å². The molecule has 0 amide bonds. The zero-order valence-electron chi connectivity index (χ0n) is 13.7. The molecule has 0 saturated heterocycles. The fraction of sp³-hybridized carbons (Fsp3) is 0.0952. The van der Waals surface area contributed by atoms with E-state index in [4.69, 9.17) is 9.84 Å². The second-order valence-electron chi connectivity index (χ2n) is 5.81. The van der Waals surface area contributed by atoms with Crippen molar-refractivity contribution >= 4 is 11.0 Å². The van der Waals surface area contributed by atoms with Gasteiger partial charge in [0.05, 0.1) is 6.61 Å². The van der Waals surface area contributed by atoms with Crippen LogP contribution in [-0.2, 0) is 0 Å². The molecular weight excluding hydrogens is 312 g/mol. The maximum Gasteiger partial charge on any atom is 0.247 e. The molecular formula is C21H19N2O2+. The van der Waals surface area contributed by atoms with Gasteiger partial charge in [-0.05, 0) is 53.6 Å². The molecule has 0 fully saturated rings. The number of ether oxygens (including phenoxy) is 1. The lowest BCUT2D eigenvalue weighted by molar-refractivity contribution is -0.567. The topological polar surface area (TPSA) is 49.1 Å². The summed E-state index contributed by atoms with van der Waals surface area (Å²) < 4.78 is 7.52. The van der Waals surface area contributed by atoms with E-state index in [1.807, 2.05) is 36.7 Å². The molecule has 2 N–H and O–H groups in total. The molecule has 0 aliphatic rings. The van der Waals surface area contributed by atoms with Crippen molar-refractivity contribution in [2.45, 2.75) is 0 Å². The molecule has 0 aliphatic heterocycles. The molecule has 0 aliphatic carbocycles. The molecule has 3 aromatic carbocycles. The minimum atomic E-state index is 0.0166. The van der Waals surface area contributed by atoms with Crippen LogP contribution < -0.4 is 9.30 Å². The van der Waals surface area contributed by atoms with E-state index in [-0.39, 0.29) is 6.61 Å². The number of aromatic amines is 1. The van der Waals surface area contributed by atoms with E-state index in [0.717, 1.165) is 22.5 Å². The number of rotatable bonds is 5. The van der Waals surface area contributed by atoms with E-state index in [9.17, 15) is 0 Å². The summed E-state index contributed by atoms with van der Waals surface area (Å²) in [6.07, 6.45) is 1.96. The van der Waals surface area contributed by atoms with Crippen LogP contribution in [0.5, 0.6) is 5.75 Å². The molecule has 4 rings (SSSR count). The van der Waals surface area contributed by atoms with Crippen LogP contribution in [0.2, 0.25) is 0 Å². The van der Waals surface area contributed by atoms with Gasteiger partial charge >= 0.3 is 0 Å². The summed E-state index contributed by atoms with van der Waals surface area (Å²) in [5, 5.41) is 8.82. The van der Waals surface area contributed by atoms with Gasteiger partial charge in [-0.15, -0.1) is 0 Å². The lowest BCUT2D eigenvalue weighted by Gasteiger charge is -2.04. The van der Waals surface area contributed by atoms with E-state index in [0.29, 0.717) is 6.61 Å². The van der Waals surface area contributed by atoms with Gasteiger partial charge in [-0.1, -0.05) is 30.3 Å². The van der Waals surface area contributed by atoms with Crippen LogP contribution in [-0.4, -0.2) is 23.3 Å². The Morgan fingerprint density at radius 3 is 2.44 bits per heavy atom. The number of hydrogen-bond donors (Lipinski definition) is 2. The third-order valence-electron chi connectivity index (χ3n) is 4.19. The largest absolute Gasteiger partial charge is 0.491 e. The van der Waals surface area contributed by atoms with Crippen molar-refractivity contribution in [3.63, 3.8) is 0 Å². The van der Waals surface area contributed by atoms with Gasteiger partial charge in [-0.25, -0.2) is 4.98 Å². The summed E-state index contributed by atoms with van der Waals surface area (Å²) >= 11 is 0. The van der Waals surface area contributed by atoms with Gasteiger partial charge in [-0.2, -0.15) is 4.57 Å². The van der Waals surface area contributed by atoms with E-state index in [1.165, 1.54) is 11.1 Å². The number of nitrogens with zero attached hydrogens (tertiary/aromatic N) is 1. The highest BCUT2D eigenvalue weighted by molar-refractivity contribution is 5.79. The maximum atomic E-state index is 8.82. The van der Waals surface area contributed by atoms with Gasteiger partial charge < -0.3 is 9.84 Å². The first-order valence-corrected chi connectivity index (χ1v) is 8.27. The molecule has 124 valence electrons. The molecule has 0 radical (unpaired) electrons. The molecule has 25 heavy (non-hydrogen) atoms. The molecule has 0 atom stereocenters. The van der Waals surface area contributed by atoms with Gasteiger partial charge in [0, 0.05) is 0 Å². The Balaban J connectivity index is 1.67. The summed E-state index contributed by atoms with van der Waals surface area (Å²) in [4.78, 5) is 3.34. The number of aromatic nitrogens is 2. The van der Waals surface area contributed by atoms with E-state index < -0.39 is 0 Å². The molecule has 0 saturated carbocycles. The fourth-order valence-electron chi connectivity index (χ4n) is 2.96. The normalized spacial score (nSPS) is 10.9. The Hall–Kier alpha value is -3.11. The van der Waals surface area contributed by atoms with Crippen molar-refractivity contribution in [2.75, 3.05) is 13.2 Å². The first-order chi connectivity index (χ1) is 12.3. The Kier molecular flexibility index (Phi) is 4.19. The Labute approximate surface area is 146 Å². The zero-order valence-corrected chi connectivity index (χ0v) is 13.7. The van der Waals surface area contributed by atoms with Crippen LogP contribution in [0.4, 0.5) is 0 Å². The number of nitrogens with one attached hydrogen (secondary N) is 1. The lowest BCUT2D eigenvalue weighted by atomic mass is 10.1. The minimum absolute atomic E-state index is 0.0166. The summed E-state index contributed by atoms with van der Waals surface area (Å²) in [5.74, 6) is 0.754. The minimum Gasteiger partial charge on any atom is -0.491 e. The van der Waals surface area contributed by atoms with E-state index in [1.54, 1.807) is 0 Å². The molecule has 1 aromatic heterocycles. The zero-order chi connectivity index (χ0) is 17.1. The number of H-pyrrole nitrogens is 1. The standard InChI is InChI=1S/C21H18N2O2/c24-12-13-25-19-9-7-18(8-10-19)23-15-22-20-14-17(6-11-21(20)23)16-4-2-1-3-5-16/h1-11,14-15,24H,12-13H2/p+1. The Bertz CT molecular complexity index is 976. The van der Waals surface area contributed by atoms with Crippen LogP contribution >= 0.6 is 0 Å². The van der Waals surface area contributed by atoms with Crippen LogP contribution in [0, 0.1) is 0 Å². The monoisotopic (exact) mass is 331 g/mol. The summed E-state index contributed by atoms with van der Waals surface area (Å²) in [7, 11) is 0. The lowest BCUT2D eigenvalue weighted by Crippen LogP contribution is -2.28. The first kappa shape index (κ1) is 15.4. The second-order valence-corrected chi connectivity index (χ2v) is 5.81. The second kappa shape index (κ2) is 6.79. The smallest absolute Gasteiger partial charge is 0.247 e. The van der Waals surface area contributed by atoms with E-state index >= 15 is 0 Å². The summed E-state index contributed by atoms with van der Waals surface area (Å²) in [6.45, 7) is 0.324. The van der Waals surface area contributed by atoms with Crippen molar-refractivity contribution in [2.24, 2.45) is 0 Å². The molecule has 1 heterocycles. The number of fused-ring (bicyclic) bond motifs is 1. The highest BCUT2D eigenvalue weighted by atomic mass is 16.5. The van der Waals surface area contributed by atoms with E-state index in [2.05, 4.69) is 52.0 Å². The SMILES string of the molecule is OCCOc1ccc(-[n+]2c[nH]c3cc(-c4ccccc4)ccc32)cc1. The van der Waals surface area contributed by atoms with Crippen molar-refractivity contribution in [3.05, 3.63) is 79.1 Å². The van der Waals surface area contributed by atoms with Gasteiger partial charge in [0.25, 0.3) is 0 Å². The van der Waals surface area contributed by atoms with Gasteiger partial charge in [0.15, 0.2) is 11.0 Å². The van der Waals surface area contributed by atoms with Gasteiger partial charge in [-0.3, -0.25) is 0 Å². The van der Waals surface area contributed by atoms with Crippen LogP contribution in [0.3, 0.4) is 0 Å².